The van der Waals surface area contributed by atoms with Crippen molar-refractivity contribution in [3.05, 3.63) is 0 Å². The van der Waals surface area contributed by atoms with Crippen LogP contribution in [0.2, 0.25) is 0 Å². The fourth-order valence-corrected chi connectivity index (χ4v) is 1.58. The molecule has 0 aromatic rings. The lowest BCUT2D eigenvalue weighted by atomic mass is 9.69. The minimum absolute atomic E-state index is 0.0847. The lowest BCUT2D eigenvalue weighted by Crippen LogP contribution is -2.43. The Labute approximate surface area is 80.3 Å². The molecule has 0 aliphatic heterocycles. The van der Waals surface area contributed by atoms with E-state index in [1.807, 2.05) is 13.8 Å². The predicted molar refractivity (Wildman–Crippen MR) is 53.5 cm³/mol. The highest BCUT2D eigenvalue weighted by Crippen LogP contribution is 2.35. The van der Waals surface area contributed by atoms with Crippen LogP contribution in [0.3, 0.4) is 0 Å². The van der Waals surface area contributed by atoms with E-state index >= 15 is 0 Å². The SMILES string of the molecule is CCC(C)C(C)(CC(=O)O)C(C)N. The number of carboxylic acids is 1. The van der Waals surface area contributed by atoms with Crippen molar-refractivity contribution in [2.45, 2.75) is 46.6 Å². The van der Waals surface area contributed by atoms with Crippen molar-refractivity contribution in [1.82, 2.24) is 0 Å². The molecule has 3 heteroatoms. The summed E-state index contributed by atoms with van der Waals surface area (Å²) in [7, 11) is 0. The number of carbonyl (C=O) groups is 1. The molecule has 0 saturated heterocycles. The summed E-state index contributed by atoms with van der Waals surface area (Å²) >= 11 is 0. The fourth-order valence-electron chi connectivity index (χ4n) is 1.58. The van der Waals surface area contributed by atoms with Crippen molar-refractivity contribution in [3.8, 4) is 0 Å². The van der Waals surface area contributed by atoms with Crippen LogP contribution in [0.5, 0.6) is 0 Å². The second-order valence-electron chi connectivity index (χ2n) is 4.17. The highest BCUT2D eigenvalue weighted by atomic mass is 16.4. The molecule has 3 nitrogen and oxygen atoms in total. The minimum Gasteiger partial charge on any atom is -0.481 e. The van der Waals surface area contributed by atoms with Crippen LogP contribution >= 0.6 is 0 Å². The molecule has 0 heterocycles. The molecule has 0 bridgehead atoms. The van der Waals surface area contributed by atoms with E-state index < -0.39 is 5.97 Å². The van der Waals surface area contributed by atoms with E-state index in [1.165, 1.54) is 0 Å². The summed E-state index contributed by atoms with van der Waals surface area (Å²) in [6.07, 6.45) is 1.12. The standard InChI is InChI=1S/C10H21NO2/c1-5-7(2)10(4,8(3)11)6-9(12)13/h7-8H,5-6,11H2,1-4H3,(H,12,13). The molecule has 3 atom stereocenters. The van der Waals surface area contributed by atoms with E-state index in [1.54, 1.807) is 0 Å². The Kier molecular flexibility index (Phi) is 4.40. The summed E-state index contributed by atoms with van der Waals surface area (Å²) in [6, 6.07) is -0.0847. The molecule has 0 spiro atoms. The number of carboxylic acid groups (broad SMARTS) is 1. The second-order valence-corrected chi connectivity index (χ2v) is 4.17. The van der Waals surface area contributed by atoms with Crippen LogP contribution < -0.4 is 5.73 Å². The van der Waals surface area contributed by atoms with Gasteiger partial charge >= 0.3 is 5.97 Å². The van der Waals surface area contributed by atoms with Crippen LogP contribution in [0.15, 0.2) is 0 Å². The molecule has 78 valence electrons. The summed E-state index contributed by atoms with van der Waals surface area (Å²) in [5.41, 5.74) is 5.54. The molecular formula is C10H21NO2. The van der Waals surface area contributed by atoms with Gasteiger partial charge in [-0.05, 0) is 18.3 Å². The number of hydrogen-bond donors (Lipinski definition) is 2. The predicted octanol–water partition coefficient (Wildman–Crippen LogP) is 1.86. The first kappa shape index (κ1) is 12.4. The Morgan fingerprint density at radius 3 is 2.23 bits per heavy atom. The highest BCUT2D eigenvalue weighted by Gasteiger charge is 2.36. The quantitative estimate of drug-likeness (QED) is 0.690. The summed E-state index contributed by atoms with van der Waals surface area (Å²) in [4.78, 5) is 10.7. The lowest BCUT2D eigenvalue weighted by Gasteiger charge is -2.37. The van der Waals surface area contributed by atoms with E-state index in [2.05, 4.69) is 13.8 Å². The Morgan fingerprint density at radius 1 is 1.54 bits per heavy atom. The van der Waals surface area contributed by atoms with Crippen LogP contribution in [-0.4, -0.2) is 17.1 Å². The van der Waals surface area contributed by atoms with Gasteiger partial charge in [-0.3, -0.25) is 4.79 Å². The number of nitrogens with two attached hydrogens (primary N) is 1. The molecule has 0 aromatic heterocycles. The topological polar surface area (TPSA) is 63.3 Å². The summed E-state index contributed by atoms with van der Waals surface area (Å²) in [5.74, 6) is -0.427. The first-order valence-corrected chi connectivity index (χ1v) is 4.82. The largest absolute Gasteiger partial charge is 0.481 e. The molecule has 0 aliphatic carbocycles. The molecule has 13 heavy (non-hydrogen) atoms. The van der Waals surface area contributed by atoms with Gasteiger partial charge in [0.1, 0.15) is 0 Å². The van der Waals surface area contributed by atoms with E-state index in [0.29, 0.717) is 5.92 Å². The zero-order valence-electron chi connectivity index (χ0n) is 9.00. The van der Waals surface area contributed by atoms with E-state index in [-0.39, 0.29) is 17.9 Å². The minimum atomic E-state index is -0.764. The van der Waals surface area contributed by atoms with E-state index in [9.17, 15) is 4.79 Å². The lowest BCUT2D eigenvalue weighted by molar-refractivity contribution is -0.140. The Morgan fingerprint density at radius 2 is 2.00 bits per heavy atom. The number of rotatable bonds is 5. The molecule has 0 rings (SSSR count). The van der Waals surface area contributed by atoms with Gasteiger partial charge < -0.3 is 10.8 Å². The Hall–Kier alpha value is -0.570. The van der Waals surface area contributed by atoms with Gasteiger partial charge in [-0.2, -0.15) is 0 Å². The molecule has 0 aromatic carbocycles. The zero-order valence-corrected chi connectivity index (χ0v) is 9.00. The molecular weight excluding hydrogens is 166 g/mol. The van der Waals surface area contributed by atoms with Gasteiger partial charge in [0.25, 0.3) is 0 Å². The van der Waals surface area contributed by atoms with E-state index in [0.717, 1.165) is 6.42 Å². The smallest absolute Gasteiger partial charge is 0.303 e. The Bertz CT molecular complexity index is 180. The van der Waals surface area contributed by atoms with Gasteiger partial charge in [0.2, 0.25) is 0 Å². The molecule has 0 radical (unpaired) electrons. The first-order chi connectivity index (χ1) is 5.84. The average Bonchev–Trinajstić information content (AvgIpc) is 2.01. The van der Waals surface area contributed by atoms with Crippen molar-refractivity contribution < 1.29 is 9.90 Å². The molecule has 3 unspecified atom stereocenters. The highest BCUT2D eigenvalue weighted by molar-refractivity contribution is 5.67. The van der Waals surface area contributed by atoms with E-state index in [4.69, 9.17) is 10.8 Å². The van der Waals surface area contributed by atoms with Crippen LogP contribution in [-0.2, 0) is 4.79 Å². The molecule has 0 fully saturated rings. The maximum atomic E-state index is 10.7. The van der Waals surface area contributed by atoms with Crippen molar-refractivity contribution in [3.63, 3.8) is 0 Å². The third kappa shape index (κ3) is 2.99. The normalized spacial score (nSPS) is 20.4. The summed E-state index contributed by atoms with van der Waals surface area (Å²) in [6.45, 7) is 7.97. The first-order valence-electron chi connectivity index (χ1n) is 4.82. The second kappa shape index (κ2) is 4.61. The number of hydrogen-bond acceptors (Lipinski definition) is 2. The maximum absolute atomic E-state index is 10.7. The molecule has 0 amide bonds. The third-order valence-corrected chi connectivity index (χ3v) is 3.31. The number of aliphatic carboxylic acids is 1. The molecule has 0 aliphatic rings. The van der Waals surface area contributed by atoms with Crippen molar-refractivity contribution in [2.24, 2.45) is 17.1 Å². The summed E-state index contributed by atoms with van der Waals surface area (Å²) < 4.78 is 0. The van der Waals surface area contributed by atoms with Gasteiger partial charge in [-0.25, -0.2) is 0 Å². The Balaban J connectivity index is 4.61. The third-order valence-electron chi connectivity index (χ3n) is 3.31. The average molecular weight is 187 g/mol. The van der Waals surface area contributed by atoms with Crippen molar-refractivity contribution in [1.29, 1.82) is 0 Å². The zero-order chi connectivity index (χ0) is 10.6. The van der Waals surface area contributed by atoms with Gasteiger partial charge in [0, 0.05) is 6.04 Å². The van der Waals surface area contributed by atoms with Gasteiger partial charge in [-0.15, -0.1) is 0 Å². The van der Waals surface area contributed by atoms with Gasteiger partial charge in [0.15, 0.2) is 0 Å². The van der Waals surface area contributed by atoms with Crippen LogP contribution in [0.4, 0.5) is 0 Å². The van der Waals surface area contributed by atoms with Gasteiger partial charge in [-0.1, -0.05) is 27.2 Å². The van der Waals surface area contributed by atoms with Crippen LogP contribution in [0.25, 0.3) is 0 Å². The fraction of sp³-hybridized carbons (Fsp3) is 0.900. The molecule has 0 saturated carbocycles. The monoisotopic (exact) mass is 187 g/mol. The molecule has 3 N–H and O–H groups in total. The van der Waals surface area contributed by atoms with Crippen molar-refractivity contribution in [2.75, 3.05) is 0 Å². The maximum Gasteiger partial charge on any atom is 0.303 e. The van der Waals surface area contributed by atoms with Gasteiger partial charge in [0.05, 0.1) is 6.42 Å². The summed E-state index contributed by atoms with van der Waals surface area (Å²) in [5, 5.41) is 8.79. The van der Waals surface area contributed by atoms with Crippen LogP contribution in [0, 0.1) is 11.3 Å². The van der Waals surface area contributed by atoms with Crippen molar-refractivity contribution >= 4 is 5.97 Å². The van der Waals surface area contributed by atoms with Crippen LogP contribution in [0.1, 0.15) is 40.5 Å².